The van der Waals surface area contributed by atoms with Crippen LogP contribution in [0.15, 0.2) is 42.1 Å². The molecule has 0 unspecified atom stereocenters. The third kappa shape index (κ3) is 4.93. The van der Waals surface area contributed by atoms with E-state index in [1.54, 1.807) is 24.3 Å². The van der Waals surface area contributed by atoms with Crippen molar-refractivity contribution in [3.63, 3.8) is 0 Å². The van der Waals surface area contributed by atoms with Gasteiger partial charge in [-0.1, -0.05) is 30.3 Å². The molecule has 1 rings (SSSR count). The van der Waals surface area contributed by atoms with Crippen LogP contribution in [0.1, 0.15) is 5.56 Å². The van der Waals surface area contributed by atoms with Gasteiger partial charge in [0.2, 0.25) is 5.91 Å². The third-order valence-corrected chi connectivity index (χ3v) is 2.35. The molecule has 6 heteroatoms. The Balaban J connectivity index is 2.75. The quantitative estimate of drug-likeness (QED) is 0.628. The Morgan fingerprint density at radius 3 is 2.30 bits per heavy atom. The zero-order valence-electron chi connectivity index (χ0n) is 11.2. The minimum absolute atomic E-state index is 0.0797. The number of methoxy groups -OCH3 is 2. The van der Waals surface area contributed by atoms with Gasteiger partial charge in [-0.25, -0.2) is 9.59 Å². The van der Waals surface area contributed by atoms with Crippen molar-refractivity contribution in [1.29, 1.82) is 0 Å². The third-order valence-electron chi connectivity index (χ3n) is 2.35. The topological polar surface area (TPSA) is 81.7 Å². The van der Waals surface area contributed by atoms with E-state index in [0.717, 1.165) is 18.7 Å². The molecule has 0 aliphatic rings. The SMILES string of the molecule is COC(=O)/C=C(\NC(=O)Cc1ccccc1)C(=O)OC. The van der Waals surface area contributed by atoms with Crippen LogP contribution in [-0.2, 0) is 30.3 Å². The van der Waals surface area contributed by atoms with Gasteiger partial charge in [0.05, 0.1) is 26.7 Å². The number of hydrogen-bond acceptors (Lipinski definition) is 5. The normalized spacial score (nSPS) is 10.6. The van der Waals surface area contributed by atoms with E-state index in [2.05, 4.69) is 14.8 Å². The van der Waals surface area contributed by atoms with Gasteiger partial charge in [0.1, 0.15) is 5.70 Å². The van der Waals surface area contributed by atoms with Gasteiger partial charge in [-0.2, -0.15) is 0 Å². The summed E-state index contributed by atoms with van der Waals surface area (Å²) in [6.45, 7) is 0. The van der Waals surface area contributed by atoms with Crippen LogP contribution in [0, 0.1) is 0 Å². The first-order valence-corrected chi connectivity index (χ1v) is 5.78. The Morgan fingerprint density at radius 1 is 1.10 bits per heavy atom. The van der Waals surface area contributed by atoms with Crippen molar-refractivity contribution in [3.05, 3.63) is 47.7 Å². The van der Waals surface area contributed by atoms with Gasteiger partial charge in [-0.15, -0.1) is 0 Å². The highest BCUT2D eigenvalue weighted by atomic mass is 16.5. The fourth-order valence-corrected chi connectivity index (χ4v) is 1.41. The first-order valence-electron chi connectivity index (χ1n) is 5.78. The van der Waals surface area contributed by atoms with E-state index in [9.17, 15) is 14.4 Å². The Morgan fingerprint density at radius 2 is 1.75 bits per heavy atom. The summed E-state index contributed by atoms with van der Waals surface area (Å²) in [7, 11) is 2.32. The number of esters is 2. The highest BCUT2D eigenvalue weighted by Crippen LogP contribution is 2.01. The molecule has 0 atom stereocenters. The van der Waals surface area contributed by atoms with Crippen LogP contribution in [0.4, 0.5) is 0 Å². The summed E-state index contributed by atoms with van der Waals surface area (Å²) < 4.78 is 8.88. The molecule has 0 spiro atoms. The number of hydrogen-bond donors (Lipinski definition) is 1. The highest BCUT2D eigenvalue weighted by molar-refractivity contribution is 5.99. The molecule has 0 saturated carbocycles. The van der Waals surface area contributed by atoms with E-state index in [-0.39, 0.29) is 12.1 Å². The molecular formula is C14H15NO5. The van der Waals surface area contributed by atoms with Gasteiger partial charge in [0.25, 0.3) is 0 Å². The second-order valence-electron chi connectivity index (χ2n) is 3.78. The number of benzene rings is 1. The molecule has 1 aromatic rings. The maximum Gasteiger partial charge on any atom is 0.354 e. The monoisotopic (exact) mass is 277 g/mol. The van der Waals surface area contributed by atoms with Crippen molar-refractivity contribution in [2.24, 2.45) is 0 Å². The molecule has 1 N–H and O–H groups in total. The lowest BCUT2D eigenvalue weighted by Crippen LogP contribution is -2.30. The predicted molar refractivity (Wildman–Crippen MR) is 70.4 cm³/mol. The molecule has 0 fully saturated rings. The Hall–Kier alpha value is -2.63. The average Bonchev–Trinajstić information content (AvgIpc) is 2.46. The van der Waals surface area contributed by atoms with Crippen molar-refractivity contribution in [2.45, 2.75) is 6.42 Å². The number of rotatable bonds is 5. The second-order valence-corrected chi connectivity index (χ2v) is 3.78. The molecule has 0 saturated heterocycles. The molecule has 106 valence electrons. The van der Waals surface area contributed by atoms with Crippen LogP contribution in [0.5, 0.6) is 0 Å². The zero-order chi connectivity index (χ0) is 15.0. The largest absolute Gasteiger partial charge is 0.466 e. The van der Waals surface area contributed by atoms with Crippen LogP contribution in [0.25, 0.3) is 0 Å². The standard InChI is InChI=1S/C14H15NO5/c1-19-13(17)9-11(14(18)20-2)15-12(16)8-10-6-4-3-5-7-10/h3-7,9H,8H2,1-2H3,(H,15,16)/b11-9-. The van der Waals surface area contributed by atoms with E-state index in [0.29, 0.717) is 0 Å². The molecule has 0 aliphatic heterocycles. The molecule has 1 aromatic carbocycles. The fourth-order valence-electron chi connectivity index (χ4n) is 1.41. The van der Waals surface area contributed by atoms with E-state index < -0.39 is 17.8 Å². The van der Waals surface area contributed by atoms with Crippen molar-refractivity contribution in [2.75, 3.05) is 14.2 Å². The zero-order valence-corrected chi connectivity index (χ0v) is 11.2. The Bertz CT molecular complexity index is 522. The van der Waals surface area contributed by atoms with E-state index in [1.807, 2.05) is 6.07 Å². The molecule has 0 bridgehead atoms. The smallest absolute Gasteiger partial charge is 0.354 e. The van der Waals surface area contributed by atoms with Crippen LogP contribution in [-0.4, -0.2) is 32.1 Å². The Kier molecular flexibility index (Phi) is 5.96. The summed E-state index contributed by atoms with van der Waals surface area (Å²) in [6, 6.07) is 8.99. The minimum Gasteiger partial charge on any atom is -0.466 e. The number of carbonyl (C=O) groups is 3. The number of amides is 1. The van der Waals surface area contributed by atoms with E-state index in [1.165, 1.54) is 7.11 Å². The lowest BCUT2D eigenvalue weighted by Gasteiger charge is -2.07. The van der Waals surface area contributed by atoms with E-state index >= 15 is 0 Å². The second kappa shape index (κ2) is 7.73. The van der Waals surface area contributed by atoms with Crippen molar-refractivity contribution < 1.29 is 23.9 Å². The van der Waals surface area contributed by atoms with Crippen molar-refractivity contribution >= 4 is 17.8 Å². The van der Waals surface area contributed by atoms with Gasteiger partial charge < -0.3 is 14.8 Å². The highest BCUT2D eigenvalue weighted by Gasteiger charge is 2.15. The molecule has 0 aliphatic carbocycles. The van der Waals surface area contributed by atoms with Crippen LogP contribution in [0.2, 0.25) is 0 Å². The maximum absolute atomic E-state index is 11.8. The molecule has 0 aromatic heterocycles. The summed E-state index contributed by atoms with van der Waals surface area (Å²) >= 11 is 0. The lowest BCUT2D eigenvalue weighted by molar-refractivity contribution is -0.139. The lowest BCUT2D eigenvalue weighted by atomic mass is 10.1. The summed E-state index contributed by atoms with van der Waals surface area (Å²) in [4.78, 5) is 34.4. The number of ether oxygens (including phenoxy) is 2. The molecule has 20 heavy (non-hydrogen) atoms. The first-order chi connectivity index (χ1) is 9.56. The molecule has 0 radical (unpaired) electrons. The summed E-state index contributed by atoms with van der Waals surface area (Å²) in [5.41, 5.74) is 0.521. The predicted octanol–water partition coefficient (Wildman–Crippen LogP) is 0.575. The van der Waals surface area contributed by atoms with E-state index in [4.69, 9.17) is 0 Å². The van der Waals surface area contributed by atoms with Gasteiger partial charge in [0.15, 0.2) is 0 Å². The number of carbonyl (C=O) groups excluding carboxylic acids is 3. The van der Waals surface area contributed by atoms with Crippen LogP contribution < -0.4 is 5.32 Å². The number of nitrogens with one attached hydrogen (secondary N) is 1. The maximum atomic E-state index is 11.8. The van der Waals surface area contributed by atoms with Crippen LogP contribution >= 0.6 is 0 Å². The van der Waals surface area contributed by atoms with Gasteiger partial charge >= 0.3 is 11.9 Å². The molecule has 0 heterocycles. The summed E-state index contributed by atoms with van der Waals surface area (Å²) in [5, 5.41) is 2.33. The van der Waals surface area contributed by atoms with Crippen LogP contribution in [0.3, 0.4) is 0 Å². The first kappa shape index (κ1) is 15.4. The summed E-state index contributed by atoms with van der Waals surface area (Å²) in [5.74, 6) is -2.01. The van der Waals surface area contributed by atoms with Crippen molar-refractivity contribution in [3.8, 4) is 0 Å². The van der Waals surface area contributed by atoms with Gasteiger partial charge in [-0.05, 0) is 5.56 Å². The minimum atomic E-state index is -0.822. The van der Waals surface area contributed by atoms with Gasteiger partial charge in [0, 0.05) is 0 Å². The molecular weight excluding hydrogens is 262 g/mol. The molecule has 1 amide bonds. The summed E-state index contributed by atoms with van der Waals surface area (Å²) in [6.07, 6.45) is 0.949. The average molecular weight is 277 g/mol. The van der Waals surface area contributed by atoms with Gasteiger partial charge in [-0.3, -0.25) is 4.79 Å². The molecule has 6 nitrogen and oxygen atoms in total. The van der Waals surface area contributed by atoms with Crippen molar-refractivity contribution in [1.82, 2.24) is 5.32 Å². The Labute approximate surface area is 116 Å². The fraction of sp³-hybridized carbons (Fsp3) is 0.214.